The van der Waals surface area contributed by atoms with Crippen molar-refractivity contribution >= 4 is 11.2 Å². The summed E-state index contributed by atoms with van der Waals surface area (Å²) in [5, 5.41) is 3.36. The standard InChI is InChI=1S/C15H24N6O2/c1-4-11(20-7-5-16-6-8-20)9-21-10-17-12-13(21)18(2)15(23)19(3)14(12)22/h10-11,16H,4-9H2,1-3H3. The fourth-order valence-electron chi connectivity index (χ4n) is 3.35. The molecule has 1 atom stereocenters. The van der Waals surface area contributed by atoms with Gasteiger partial charge in [0.1, 0.15) is 5.65 Å². The number of nitrogens with zero attached hydrogens (tertiary/aromatic N) is 5. The predicted octanol–water partition coefficient (Wildman–Crippen LogP) is -0.882. The molecule has 1 aliphatic heterocycles. The molecule has 2 aromatic heterocycles. The Kier molecular flexibility index (Phi) is 4.36. The molecule has 1 saturated heterocycles. The van der Waals surface area contributed by atoms with Gasteiger partial charge >= 0.3 is 5.69 Å². The van der Waals surface area contributed by atoms with Gasteiger partial charge in [0.25, 0.3) is 5.56 Å². The lowest BCUT2D eigenvalue weighted by Gasteiger charge is -2.34. The summed E-state index contributed by atoms with van der Waals surface area (Å²) in [5.74, 6) is 0. The second-order valence-electron chi connectivity index (χ2n) is 6.12. The van der Waals surface area contributed by atoms with Gasteiger partial charge in [-0.3, -0.25) is 18.8 Å². The number of aryl methyl sites for hydroxylation is 1. The third kappa shape index (κ3) is 2.72. The molecular formula is C15H24N6O2. The predicted molar refractivity (Wildman–Crippen MR) is 88.7 cm³/mol. The van der Waals surface area contributed by atoms with Crippen LogP contribution in [-0.2, 0) is 20.6 Å². The Morgan fingerprint density at radius 1 is 1.22 bits per heavy atom. The molecule has 8 heteroatoms. The molecule has 23 heavy (non-hydrogen) atoms. The van der Waals surface area contributed by atoms with Crippen LogP contribution in [0.2, 0.25) is 0 Å². The number of nitrogens with one attached hydrogen (secondary N) is 1. The van der Waals surface area contributed by atoms with Crippen LogP contribution in [-0.4, -0.2) is 55.8 Å². The quantitative estimate of drug-likeness (QED) is 0.791. The van der Waals surface area contributed by atoms with Crippen LogP contribution in [0.5, 0.6) is 0 Å². The Hall–Kier alpha value is -1.93. The lowest BCUT2D eigenvalue weighted by molar-refractivity contribution is 0.154. The highest BCUT2D eigenvalue weighted by atomic mass is 16.2. The maximum Gasteiger partial charge on any atom is 0.332 e. The molecule has 126 valence electrons. The van der Waals surface area contributed by atoms with Gasteiger partial charge in [0.15, 0.2) is 5.52 Å². The number of hydrogen-bond acceptors (Lipinski definition) is 5. The van der Waals surface area contributed by atoms with E-state index in [4.69, 9.17) is 0 Å². The van der Waals surface area contributed by atoms with Crippen LogP contribution in [0.1, 0.15) is 13.3 Å². The fourth-order valence-corrected chi connectivity index (χ4v) is 3.35. The van der Waals surface area contributed by atoms with Gasteiger partial charge in [-0.1, -0.05) is 6.92 Å². The van der Waals surface area contributed by atoms with Crippen molar-refractivity contribution in [1.29, 1.82) is 0 Å². The summed E-state index contributed by atoms with van der Waals surface area (Å²) >= 11 is 0. The van der Waals surface area contributed by atoms with Gasteiger partial charge < -0.3 is 9.88 Å². The molecule has 0 spiro atoms. The first-order valence-corrected chi connectivity index (χ1v) is 8.10. The van der Waals surface area contributed by atoms with Gasteiger partial charge in [-0.25, -0.2) is 9.78 Å². The molecule has 0 bridgehead atoms. The van der Waals surface area contributed by atoms with Crippen LogP contribution in [0.4, 0.5) is 0 Å². The summed E-state index contributed by atoms with van der Waals surface area (Å²) in [4.78, 5) is 31.1. The summed E-state index contributed by atoms with van der Waals surface area (Å²) in [7, 11) is 3.17. The van der Waals surface area contributed by atoms with E-state index in [1.165, 1.54) is 11.6 Å². The van der Waals surface area contributed by atoms with E-state index in [1.54, 1.807) is 13.4 Å². The highest BCUT2D eigenvalue weighted by Crippen LogP contribution is 2.12. The van der Waals surface area contributed by atoms with E-state index in [2.05, 4.69) is 22.1 Å². The van der Waals surface area contributed by atoms with Gasteiger partial charge in [0.05, 0.1) is 6.33 Å². The Labute approximate surface area is 134 Å². The van der Waals surface area contributed by atoms with Crippen molar-refractivity contribution < 1.29 is 0 Å². The van der Waals surface area contributed by atoms with Crippen LogP contribution in [0.3, 0.4) is 0 Å². The van der Waals surface area contributed by atoms with E-state index >= 15 is 0 Å². The van der Waals surface area contributed by atoms with Crippen molar-refractivity contribution in [1.82, 2.24) is 28.9 Å². The summed E-state index contributed by atoms with van der Waals surface area (Å²) in [6.45, 7) is 6.94. The van der Waals surface area contributed by atoms with Crippen LogP contribution in [0.15, 0.2) is 15.9 Å². The first-order valence-electron chi connectivity index (χ1n) is 8.10. The van der Waals surface area contributed by atoms with E-state index in [9.17, 15) is 9.59 Å². The van der Waals surface area contributed by atoms with Crippen molar-refractivity contribution in [2.24, 2.45) is 14.1 Å². The molecule has 0 aliphatic carbocycles. The molecule has 2 aromatic rings. The smallest absolute Gasteiger partial charge is 0.315 e. The largest absolute Gasteiger partial charge is 0.332 e. The first kappa shape index (κ1) is 15.9. The van der Waals surface area contributed by atoms with Gasteiger partial charge in [0.2, 0.25) is 0 Å². The molecule has 1 unspecified atom stereocenters. The van der Waals surface area contributed by atoms with Crippen LogP contribution >= 0.6 is 0 Å². The number of aromatic nitrogens is 4. The third-order valence-electron chi connectivity index (χ3n) is 4.76. The van der Waals surface area contributed by atoms with Crippen LogP contribution in [0, 0.1) is 0 Å². The fraction of sp³-hybridized carbons (Fsp3) is 0.667. The van der Waals surface area contributed by atoms with Crippen molar-refractivity contribution in [2.45, 2.75) is 25.9 Å². The molecule has 0 radical (unpaired) electrons. The van der Waals surface area contributed by atoms with Crippen LogP contribution in [0.25, 0.3) is 11.2 Å². The van der Waals surface area contributed by atoms with E-state index in [0.717, 1.165) is 43.7 Å². The maximum atomic E-state index is 12.2. The number of hydrogen-bond donors (Lipinski definition) is 1. The van der Waals surface area contributed by atoms with Gasteiger partial charge in [-0.2, -0.15) is 0 Å². The van der Waals surface area contributed by atoms with Crippen molar-refractivity contribution in [2.75, 3.05) is 26.2 Å². The average molecular weight is 320 g/mol. The summed E-state index contributed by atoms with van der Waals surface area (Å²) < 4.78 is 4.55. The number of imidazole rings is 1. The normalized spacial score (nSPS) is 17.7. The highest BCUT2D eigenvalue weighted by Gasteiger charge is 2.21. The molecule has 3 heterocycles. The van der Waals surface area contributed by atoms with E-state index in [1.807, 2.05) is 4.57 Å². The van der Waals surface area contributed by atoms with Crippen molar-refractivity contribution in [3.63, 3.8) is 0 Å². The van der Waals surface area contributed by atoms with Crippen molar-refractivity contribution in [3.8, 4) is 0 Å². The minimum absolute atomic E-state index is 0.320. The van der Waals surface area contributed by atoms with Gasteiger partial charge in [0, 0.05) is 52.9 Å². The molecule has 0 saturated carbocycles. The molecule has 1 fully saturated rings. The molecule has 0 amide bonds. The molecule has 1 N–H and O–H groups in total. The molecule has 8 nitrogen and oxygen atoms in total. The maximum absolute atomic E-state index is 12.2. The summed E-state index contributed by atoms with van der Waals surface area (Å²) in [5.41, 5.74) is 0.299. The molecule has 1 aliphatic rings. The van der Waals surface area contributed by atoms with Gasteiger partial charge in [-0.05, 0) is 6.42 Å². The summed E-state index contributed by atoms with van der Waals surface area (Å²) in [6.07, 6.45) is 2.69. The Morgan fingerprint density at radius 2 is 1.91 bits per heavy atom. The van der Waals surface area contributed by atoms with Gasteiger partial charge in [-0.15, -0.1) is 0 Å². The second-order valence-corrected chi connectivity index (χ2v) is 6.12. The van der Waals surface area contributed by atoms with E-state index in [-0.39, 0.29) is 11.2 Å². The minimum atomic E-state index is -0.336. The zero-order valence-electron chi connectivity index (χ0n) is 13.9. The first-order chi connectivity index (χ1) is 11.0. The third-order valence-corrected chi connectivity index (χ3v) is 4.76. The topological polar surface area (TPSA) is 77.1 Å². The number of fused-ring (bicyclic) bond motifs is 1. The molecule has 0 aromatic carbocycles. The second kappa shape index (κ2) is 6.29. The molecular weight excluding hydrogens is 296 g/mol. The monoisotopic (exact) mass is 320 g/mol. The zero-order valence-corrected chi connectivity index (χ0v) is 13.9. The van der Waals surface area contributed by atoms with E-state index in [0.29, 0.717) is 17.2 Å². The SMILES string of the molecule is CCC(Cn1cnc2c(=O)n(C)c(=O)n(C)c21)N1CCNCC1. The summed E-state index contributed by atoms with van der Waals surface area (Å²) in [6, 6.07) is 0.369. The van der Waals surface area contributed by atoms with E-state index < -0.39 is 0 Å². The minimum Gasteiger partial charge on any atom is -0.315 e. The van der Waals surface area contributed by atoms with Crippen molar-refractivity contribution in [3.05, 3.63) is 27.2 Å². The highest BCUT2D eigenvalue weighted by molar-refractivity contribution is 5.69. The average Bonchev–Trinajstić information content (AvgIpc) is 3.00. The number of rotatable bonds is 4. The lowest BCUT2D eigenvalue weighted by Crippen LogP contribution is -2.49. The Bertz CT molecular complexity index is 812. The number of piperazine rings is 1. The lowest BCUT2D eigenvalue weighted by atomic mass is 10.1. The molecule has 3 rings (SSSR count). The Balaban J connectivity index is 2.00. The van der Waals surface area contributed by atoms with Crippen LogP contribution < -0.4 is 16.6 Å². The zero-order chi connectivity index (χ0) is 16.6. The Morgan fingerprint density at radius 3 is 2.57 bits per heavy atom.